The van der Waals surface area contributed by atoms with E-state index in [0.717, 1.165) is 25.6 Å². The lowest BCUT2D eigenvalue weighted by Crippen LogP contribution is -2.35. The first-order valence-corrected chi connectivity index (χ1v) is 7.70. The van der Waals surface area contributed by atoms with Crippen molar-refractivity contribution in [3.63, 3.8) is 0 Å². The van der Waals surface area contributed by atoms with Crippen molar-refractivity contribution in [3.05, 3.63) is 18.2 Å². The van der Waals surface area contributed by atoms with Gasteiger partial charge in [-0.1, -0.05) is 19.3 Å². The maximum Gasteiger partial charge on any atom is 0.111 e. The number of hydrogen-bond donors (Lipinski definition) is 1. The molecule has 1 aliphatic heterocycles. The maximum absolute atomic E-state index is 5.88. The van der Waals surface area contributed by atoms with Crippen molar-refractivity contribution >= 4 is 0 Å². The zero-order valence-corrected chi connectivity index (χ0v) is 11.8. The molecule has 19 heavy (non-hydrogen) atoms. The lowest BCUT2D eigenvalue weighted by atomic mass is 9.84. The molecule has 1 aliphatic carbocycles. The van der Waals surface area contributed by atoms with Crippen LogP contribution < -0.4 is 5.32 Å². The highest BCUT2D eigenvalue weighted by atomic mass is 16.5. The van der Waals surface area contributed by atoms with Crippen LogP contribution in [0.4, 0.5) is 0 Å². The van der Waals surface area contributed by atoms with Gasteiger partial charge in [0, 0.05) is 19.1 Å². The van der Waals surface area contributed by atoms with Crippen LogP contribution in [-0.4, -0.2) is 29.2 Å². The molecule has 4 heteroatoms. The zero-order valence-electron chi connectivity index (χ0n) is 11.8. The van der Waals surface area contributed by atoms with E-state index in [1.807, 2.05) is 12.5 Å². The molecular weight excluding hydrogens is 238 g/mol. The van der Waals surface area contributed by atoms with Gasteiger partial charge in [-0.25, -0.2) is 4.98 Å². The quantitative estimate of drug-likeness (QED) is 0.911. The molecular formula is C15H25N3O. The van der Waals surface area contributed by atoms with Crippen LogP contribution in [0.2, 0.25) is 0 Å². The molecule has 0 amide bonds. The second-order valence-electron chi connectivity index (χ2n) is 5.93. The Morgan fingerprint density at radius 3 is 2.95 bits per heavy atom. The third kappa shape index (κ3) is 2.84. The molecule has 0 radical (unpaired) electrons. The molecule has 2 aliphatic rings. The number of rotatable bonds is 3. The first-order chi connectivity index (χ1) is 9.36. The van der Waals surface area contributed by atoms with Crippen LogP contribution in [0.15, 0.2) is 12.5 Å². The number of hydrogen-bond acceptors (Lipinski definition) is 3. The molecule has 3 rings (SSSR count). The SMILES string of the molecule is CC(C1CCCCC1)n1cncc1C1CNCCO1. The number of morpholine rings is 1. The van der Waals surface area contributed by atoms with E-state index < -0.39 is 0 Å². The van der Waals surface area contributed by atoms with Crippen LogP contribution in [0.25, 0.3) is 0 Å². The van der Waals surface area contributed by atoms with Gasteiger partial charge in [-0.2, -0.15) is 0 Å². The highest BCUT2D eigenvalue weighted by Crippen LogP contribution is 2.34. The van der Waals surface area contributed by atoms with Crippen molar-refractivity contribution < 1.29 is 4.74 Å². The Bertz CT molecular complexity index is 392. The highest BCUT2D eigenvalue weighted by Gasteiger charge is 2.26. The molecule has 1 aromatic rings. The molecule has 2 heterocycles. The standard InChI is InChI=1S/C15H25N3O/c1-12(13-5-3-2-4-6-13)18-11-17-9-14(18)15-10-16-7-8-19-15/h9,11-13,15-16H,2-8,10H2,1H3. The maximum atomic E-state index is 5.88. The molecule has 0 spiro atoms. The normalized spacial score (nSPS) is 27.3. The van der Waals surface area contributed by atoms with Gasteiger partial charge in [0.1, 0.15) is 6.10 Å². The minimum Gasteiger partial charge on any atom is -0.369 e. The van der Waals surface area contributed by atoms with Gasteiger partial charge in [0.15, 0.2) is 0 Å². The Morgan fingerprint density at radius 2 is 2.21 bits per heavy atom. The fraction of sp³-hybridized carbons (Fsp3) is 0.800. The first-order valence-electron chi connectivity index (χ1n) is 7.70. The summed E-state index contributed by atoms with van der Waals surface area (Å²) in [5.74, 6) is 0.804. The van der Waals surface area contributed by atoms with E-state index in [9.17, 15) is 0 Å². The molecule has 0 aromatic carbocycles. The van der Waals surface area contributed by atoms with E-state index in [2.05, 4.69) is 21.8 Å². The molecule has 0 bridgehead atoms. The van der Waals surface area contributed by atoms with Crippen LogP contribution in [0.1, 0.15) is 56.9 Å². The first kappa shape index (κ1) is 13.1. The Kier molecular flexibility index (Phi) is 4.18. The van der Waals surface area contributed by atoms with Gasteiger partial charge in [-0.15, -0.1) is 0 Å². The molecule has 1 aromatic heterocycles. The Balaban J connectivity index is 1.74. The summed E-state index contributed by atoms with van der Waals surface area (Å²) in [5.41, 5.74) is 1.24. The average Bonchev–Trinajstić information content (AvgIpc) is 2.98. The van der Waals surface area contributed by atoms with E-state index in [4.69, 9.17) is 4.74 Å². The Labute approximate surface area is 115 Å². The summed E-state index contributed by atoms with van der Waals surface area (Å²) in [4.78, 5) is 4.37. The number of nitrogens with zero attached hydrogens (tertiary/aromatic N) is 2. The van der Waals surface area contributed by atoms with E-state index >= 15 is 0 Å². The third-order valence-corrected chi connectivity index (χ3v) is 4.72. The number of aromatic nitrogens is 2. The monoisotopic (exact) mass is 263 g/mol. The van der Waals surface area contributed by atoms with E-state index in [1.54, 1.807) is 0 Å². The number of imidazole rings is 1. The summed E-state index contributed by atoms with van der Waals surface area (Å²) in [7, 11) is 0. The molecule has 1 N–H and O–H groups in total. The fourth-order valence-corrected chi connectivity index (χ4v) is 3.50. The summed E-state index contributed by atoms with van der Waals surface area (Å²) in [6, 6.07) is 0.545. The van der Waals surface area contributed by atoms with Crippen LogP contribution in [0.3, 0.4) is 0 Å². The van der Waals surface area contributed by atoms with Crippen molar-refractivity contribution in [1.82, 2.24) is 14.9 Å². The molecule has 2 fully saturated rings. The summed E-state index contributed by atoms with van der Waals surface area (Å²) in [6.45, 7) is 5.01. The lowest BCUT2D eigenvalue weighted by molar-refractivity contribution is 0.0211. The van der Waals surface area contributed by atoms with Crippen molar-refractivity contribution in [2.24, 2.45) is 5.92 Å². The van der Waals surface area contributed by atoms with Crippen molar-refractivity contribution in [2.75, 3.05) is 19.7 Å². The van der Waals surface area contributed by atoms with Gasteiger partial charge in [0.25, 0.3) is 0 Å². The largest absolute Gasteiger partial charge is 0.369 e. The summed E-state index contributed by atoms with van der Waals surface area (Å²) in [6.07, 6.45) is 11.1. The molecule has 2 unspecified atom stereocenters. The average molecular weight is 263 g/mol. The van der Waals surface area contributed by atoms with Gasteiger partial charge < -0.3 is 14.6 Å². The van der Waals surface area contributed by atoms with Gasteiger partial charge in [0.2, 0.25) is 0 Å². The topological polar surface area (TPSA) is 39.1 Å². The molecule has 1 saturated carbocycles. The van der Waals surface area contributed by atoms with Crippen molar-refractivity contribution in [3.8, 4) is 0 Å². The minimum atomic E-state index is 0.169. The van der Waals surface area contributed by atoms with Gasteiger partial charge >= 0.3 is 0 Å². The third-order valence-electron chi connectivity index (χ3n) is 4.72. The van der Waals surface area contributed by atoms with Crippen LogP contribution in [-0.2, 0) is 4.74 Å². The van der Waals surface area contributed by atoms with Gasteiger partial charge in [0.05, 0.1) is 24.8 Å². The molecule has 1 saturated heterocycles. The van der Waals surface area contributed by atoms with Gasteiger partial charge in [-0.05, 0) is 25.7 Å². The fourth-order valence-electron chi connectivity index (χ4n) is 3.50. The van der Waals surface area contributed by atoms with E-state index in [-0.39, 0.29) is 6.10 Å². The van der Waals surface area contributed by atoms with E-state index in [0.29, 0.717) is 6.04 Å². The second kappa shape index (κ2) is 6.06. The molecule has 4 nitrogen and oxygen atoms in total. The van der Waals surface area contributed by atoms with E-state index in [1.165, 1.54) is 37.8 Å². The second-order valence-corrected chi connectivity index (χ2v) is 5.93. The predicted molar refractivity (Wildman–Crippen MR) is 75.1 cm³/mol. The van der Waals surface area contributed by atoms with Crippen LogP contribution in [0, 0.1) is 5.92 Å². The summed E-state index contributed by atoms with van der Waals surface area (Å²) >= 11 is 0. The summed E-state index contributed by atoms with van der Waals surface area (Å²) < 4.78 is 8.23. The molecule has 106 valence electrons. The minimum absolute atomic E-state index is 0.169. The van der Waals surface area contributed by atoms with Crippen LogP contribution in [0.5, 0.6) is 0 Å². The Hall–Kier alpha value is -0.870. The number of nitrogens with one attached hydrogen (secondary N) is 1. The van der Waals surface area contributed by atoms with Gasteiger partial charge in [-0.3, -0.25) is 0 Å². The number of ether oxygens (including phenoxy) is 1. The summed E-state index contributed by atoms with van der Waals surface area (Å²) in [5, 5.41) is 3.40. The lowest BCUT2D eigenvalue weighted by Gasteiger charge is -2.32. The predicted octanol–water partition coefficient (Wildman–Crippen LogP) is 2.69. The van der Waals surface area contributed by atoms with Crippen LogP contribution >= 0.6 is 0 Å². The highest BCUT2D eigenvalue weighted by molar-refractivity contribution is 5.06. The molecule has 2 atom stereocenters. The van der Waals surface area contributed by atoms with Crippen molar-refractivity contribution in [1.29, 1.82) is 0 Å². The zero-order chi connectivity index (χ0) is 13.1. The smallest absolute Gasteiger partial charge is 0.111 e. The van der Waals surface area contributed by atoms with Crippen molar-refractivity contribution in [2.45, 2.75) is 51.2 Å². The Morgan fingerprint density at radius 1 is 1.37 bits per heavy atom.